The van der Waals surface area contributed by atoms with Gasteiger partial charge in [0.1, 0.15) is 0 Å². The van der Waals surface area contributed by atoms with Gasteiger partial charge < -0.3 is 10.2 Å². The third-order valence-electron chi connectivity index (χ3n) is 6.25. The Morgan fingerprint density at radius 2 is 1.50 bits per heavy atom. The summed E-state index contributed by atoms with van der Waals surface area (Å²) in [6.07, 6.45) is 2.51. The maximum atomic E-state index is 12.8. The van der Waals surface area contributed by atoms with E-state index in [1.165, 1.54) is 22.8 Å². The highest BCUT2D eigenvalue weighted by atomic mass is 32.2. The Balaban J connectivity index is 1.22. The highest BCUT2D eigenvalue weighted by molar-refractivity contribution is 7.89. The summed E-state index contributed by atoms with van der Waals surface area (Å²) < 4.78 is 27.1. The predicted molar refractivity (Wildman–Crippen MR) is 126 cm³/mol. The number of sulfonamides is 1. The van der Waals surface area contributed by atoms with Crippen molar-refractivity contribution in [3.63, 3.8) is 0 Å². The number of amides is 1. The second-order valence-corrected chi connectivity index (χ2v) is 10.6. The van der Waals surface area contributed by atoms with E-state index in [2.05, 4.69) is 34.5 Å². The van der Waals surface area contributed by atoms with E-state index in [-0.39, 0.29) is 12.5 Å². The normalized spacial score (nSPS) is 18.1. The topological polar surface area (TPSA) is 73.0 Å². The van der Waals surface area contributed by atoms with Crippen molar-refractivity contribution in [2.24, 2.45) is 0 Å². The molecule has 2 fully saturated rings. The van der Waals surface area contributed by atoms with Gasteiger partial charge in [0.05, 0.1) is 11.4 Å². The zero-order valence-corrected chi connectivity index (χ0v) is 19.5. The predicted octanol–water partition coefficient (Wildman–Crippen LogP) is 2.22. The van der Waals surface area contributed by atoms with Gasteiger partial charge in [0.15, 0.2) is 0 Å². The molecule has 4 rings (SSSR count). The van der Waals surface area contributed by atoms with Crippen LogP contribution < -0.4 is 10.2 Å². The van der Waals surface area contributed by atoms with Gasteiger partial charge in [0.2, 0.25) is 15.9 Å². The lowest BCUT2D eigenvalue weighted by molar-refractivity contribution is -0.122. The van der Waals surface area contributed by atoms with Crippen LogP contribution in [0.25, 0.3) is 0 Å². The summed E-state index contributed by atoms with van der Waals surface area (Å²) >= 11 is 0. The van der Waals surface area contributed by atoms with Crippen molar-refractivity contribution >= 4 is 21.6 Å². The summed E-state index contributed by atoms with van der Waals surface area (Å²) in [6, 6.07) is 15.3. The van der Waals surface area contributed by atoms with Crippen molar-refractivity contribution in [2.75, 3.05) is 50.7 Å². The minimum Gasteiger partial charge on any atom is -0.372 e. The second-order valence-electron chi connectivity index (χ2n) is 8.63. The molecule has 2 heterocycles. The number of hydrogen-bond donors (Lipinski definition) is 1. The lowest BCUT2D eigenvalue weighted by Gasteiger charge is -2.33. The van der Waals surface area contributed by atoms with E-state index in [0.717, 1.165) is 24.2 Å². The number of carbonyl (C=O) groups excluding carboxylic acids is 1. The molecule has 172 valence electrons. The number of carbonyl (C=O) groups is 1. The quantitative estimate of drug-likeness (QED) is 0.692. The highest BCUT2D eigenvalue weighted by Crippen LogP contribution is 2.20. The highest BCUT2D eigenvalue weighted by Gasteiger charge is 2.28. The van der Waals surface area contributed by atoms with Gasteiger partial charge in [-0.1, -0.05) is 29.8 Å². The van der Waals surface area contributed by atoms with Gasteiger partial charge in [0.25, 0.3) is 0 Å². The van der Waals surface area contributed by atoms with Crippen LogP contribution in [0, 0.1) is 6.92 Å². The number of nitrogens with zero attached hydrogens (tertiary/aromatic N) is 3. The van der Waals surface area contributed by atoms with Gasteiger partial charge in [-0.15, -0.1) is 0 Å². The fourth-order valence-corrected chi connectivity index (χ4v) is 5.67. The molecule has 0 aromatic heterocycles. The van der Waals surface area contributed by atoms with Crippen molar-refractivity contribution < 1.29 is 13.2 Å². The summed E-state index contributed by atoms with van der Waals surface area (Å²) in [6.45, 7) is 6.83. The summed E-state index contributed by atoms with van der Waals surface area (Å²) in [5.41, 5.74) is 3.36. The van der Waals surface area contributed by atoms with Gasteiger partial charge in [0, 0.05) is 51.5 Å². The Labute approximate surface area is 191 Å². The molecule has 1 amide bonds. The molecule has 0 radical (unpaired) electrons. The zero-order chi connectivity index (χ0) is 22.6. The van der Waals surface area contributed by atoms with Crippen LogP contribution in [0.1, 0.15) is 24.0 Å². The standard InChI is InChI=1S/C24H32N4O3S/c1-20-4-10-23(11-5-20)32(30,31)28-16-14-26(15-17-28)19-24(29)25-18-21-6-8-22(9-7-21)27-12-2-3-13-27/h4-11H,2-3,12-19H2,1H3,(H,25,29). The third kappa shape index (κ3) is 5.49. The largest absolute Gasteiger partial charge is 0.372 e. The van der Waals surface area contributed by atoms with E-state index in [1.807, 2.05) is 24.0 Å². The third-order valence-corrected chi connectivity index (χ3v) is 8.17. The van der Waals surface area contributed by atoms with E-state index in [1.54, 1.807) is 12.1 Å². The number of hydrogen-bond acceptors (Lipinski definition) is 5. The number of piperazine rings is 1. The summed E-state index contributed by atoms with van der Waals surface area (Å²) in [4.78, 5) is 17.1. The number of anilines is 1. The Morgan fingerprint density at radius 3 is 2.12 bits per heavy atom. The second kappa shape index (κ2) is 10.0. The van der Waals surface area contributed by atoms with Crippen molar-refractivity contribution in [1.29, 1.82) is 0 Å². The number of aryl methyl sites for hydroxylation is 1. The van der Waals surface area contributed by atoms with E-state index < -0.39 is 10.0 Å². The number of nitrogens with one attached hydrogen (secondary N) is 1. The Hall–Kier alpha value is -2.42. The van der Waals surface area contributed by atoms with Gasteiger partial charge in [-0.25, -0.2) is 8.42 Å². The van der Waals surface area contributed by atoms with Crippen molar-refractivity contribution in [2.45, 2.75) is 31.2 Å². The minimum absolute atomic E-state index is 0.0385. The molecule has 0 atom stereocenters. The molecule has 2 aromatic carbocycles. The summed E-state index contributed by atoms with van der Waals surface area (Å²) in [7, 11) is -3.48. The maximum absolute atomic E-state index is 12.8. The van der Waals surface area contributed by atoms with Crippen LogP contribution in [0.2, 0.25) is 0 Å². The summed E-state index contributed by atoms with van der Waals surface area (Å²) in [5.74, 6) is -0.0385. The van der Waals surface area contributed by atoms with Gasteiger partial charge in [-0.05, 0) is 49.6 Å². The Kier molecular flexibility index (Phi) is 7.13. The van der Waals surface area contributed by atoms with Gasteiger partial charge in [-0.2, -0.15) is 4.31 Å². The molecule has 2 aromatic rings. The van der Waals surface area contributed by atoms with Crippen LogP contribution in [-0.4, -0.2) is 69.3 Å². The molecule has 32 heavy (non-hydrogen) atoms. The fourth-order valence-electron chi connectivity index (χ4n) is 4.25. The van der Waals surface area contributed by atoms with E-state index >= 15 is 0 Å². The Bertz CT molecular complexity index is 1010. The molecule has 7 nitrogen and oxygen atoms in total. The average Bonchev–Trinajstić information content (AvgIpc) is 3.34. The van der Waals surface area contributed by atoms with Crippen molar-refractivity contribution in [1.82, 2.24) is 14.5 Å². The molecule has 1 N–H and O–H groups in total. The Morgan fingerprint density at radius 1 is 0.875 bits per heavy atom. The molecule has 8 heteroatoms. The molecular weight excluding hydrogens is 424 g/mol. The van der Waals surface area contributed by atoms with Gasteiger partial charge >= 0.3 is 0 Å². The fraction of sp³-hybridized carbons (Fsp3) is 0.458. The first-order chi connectivity index (χ1) is 15.4. The molecule has 0 unspecified atom stereocenters. The average molecular weight is 457 g/mol. The first-order valence-corrected chi connectivity index (χ1v) is 12.8. The SMILES string of the molecule is Cc1ccc(S(=O)(=O)N2CCN(CC(=O)NCc3ccc(N4CCCC4)cc3)CC2)cc1. The van der Waals surface area contributed by atoms with Crippen LogP contribution in [0.3, 0.4) is 0 Å². The molecule has 2 aliphatic rings. The van der Waals surface area contributed by atoms with E-state index in [4.69, 9.17) is 0 Å². The number of benzene rings is 2. The molecule has 2 saturated heterocycles. The van der Waals surface area contributed by atoms with E-state index in [0.29, 0.717) is 37.6 Å². The molecular formula is C24H32N4O3S. The molecule has 0 saturated carbocycles. The van der Waals surface area contributed by atoms with Crippen molar-refractivity contribution in [3.8, 4) is 0 Å². The molecule has 0 bridgehead atoms. The molecule has 2 aliphatic heterocycles. The van der Waals surface area contributed by atoms with Gasteiger partial charge in [-0.3, -0.25) is 9.69 Å². The van der Waals surface area contributed by atoms with E-state index in [9.17, 15) is 13.2 Å². The first kappa shape index (κ1) is 22.8. The van der Waals surface area contributed by atoms with Crippen molar-refractivity contribution in [3.05, 3.63) is 59.7 Å². The molecule has 0 aliphatic carbocycles. The monoisotopic (exact) mass is 456 g/mol. The zero-order valence-electron chi connectivity index (χ0n) is 18.7. The lowest BCUT2D eigenvalue weighted by atomic mass is 10.2. The van der Waals surface area contributed by atoms with Crippen LogP contribution in [0.15, 0.2) is 53.4 Å². The molecule has 0 spiro atoms. The van der Waals surface area contributed by atoms with Crippen LogP contribution >= 0.6 is 0 Å². The summed E-state index contributed by atoms with van der Waals surface area (Å²) in [5, 5.41) is 2.98. The first-order valence-electron chi connectivity index (χ1n) is 11.3. The number of rotatable bonds is 7. The smallest absolute Gasteiger partial charge is 0.243 e. The minimum atomic E-state index is -3.48. The maximum Gasteiger partial charge on any atom is 0.243 e. The lowest BCUT2D eigenvalue weighted by Crippen LogP contribution is -2.50. The van der Waals surface area contributed by atoms with Crippen LogP contribution in [0.5, 0.6) is 0 Å². The van der Waals surface area contributed by atoms with Crippen LogP contribution in [-0.2, 0) is 21.4 Å². The van der Waals surface area contributed by atoms with Crippen LogP contribution in [0.4, 0.5) is 5.69 Å².